The Morgan fingerprint density at radius 2 is 1.84 bits per heavy atom. The number of phenols is 1. The lowest BCUT2D eigenvalue weighted by molar-refractivity contribution is 0.474. The Labute approximate surface area is 119 Å². The van der Waals surface area contributed by atoms with Crippen molar-refractivity contribution in [3.8, 4) is 5.75 Å². The molecule has 0 aromatic heterocycles. The van der Waals surface area contributed by atoms with E-state index in [1.54, 1.807) is 12.1 Å². The minimum absolute atomic E-state index is 0.302. The topological polar surface area (TPSA) is 32.3 Å². The van der Waals surface area contributed by atoms with Crippen molar-refractivity contribution in [2.75, 3.05) is 0 Å². The number of hydrogen-bond acceptors (Lipinski definition) is 2. The van der Waals surface area contributed by atoms with E-state index in [-0.39, 0.29) is 0 Å². The number of hydrogen-bond donors (Lipinski definition) is 2. The molecule has 19 heavy (non-hydrogen) atoms. The van der Waals surface area contributed by atoms with Gasteiger partial charge in [-0.05, 0) is 48.7 Å². The summed E-state index contributed by atoms with van der Waals surface area (Å²) in [5.41, 5.74) is 2.40. The van der Waals surface area contributed by atoms with E-state index in [1.807, 2.05) is 30.3 Å². The van der Waals surface area contributed by atoms with Gasteiger partial charge in [-0.3, -0.25) is 0 Å². The normalized spacial score (nSPS) is 12.3. The number of benzene rings is 2. The lowest BCUT2D eigenvalue weighted by Gasteiger charge is -2.14. The predicted molar refractivity (Wildman–Crippen MR) is 79.6 cm³/mol. The molecule has 0 saturated carbocycles. The van der Waals surface area contributed by atoms with Crippen LogP contribution in [0.4, 0.5) is 0 Å². The van der Waals surface area contributed by atoms with Crippen molar-refractivity contribution < 1.29 is 5.11 Å². The maximum Gasteiger partial charge on any atom is 0.115 e. The molecule has 1 atom stereocenters. The number of halogens is 1. The average Bonchev–Trinajstić information content (AvgIpc) is 2.38. The molecule has 2 N–H and O–H groups in total. The van der Waals surface area contributed by atoms with Gasteiger partial charge >= 0.3 is 0 Å². The molecule has 100 valence electrons. The van der Waals surface area contributed by atoms with Crippen molar-refractivity contribution in [1.29, 1.82) is 0 Å². The molecule has 2 nitrogen and oxygen atoms in total. The minimum atomic E-state index is 0.302. The maximum absolute atomic E-state index is 9.22. The van der Waals surface area contributed by atoms with Crippen molar-refractivity contribution in [3.05, 3.63) is 64.7 Å². The highest BCUT2D eigenvalue weighted by Crippen LogP contribution is 2.13. The second-order valence-corrected chi connectivity index (χ2v) is 5.22. The lowest BCUT2D eigenvalue weighted by Crippen LogP contribution is -2.27. The number of rotatable bonds is 5. The summed E-state index contributed by atoms with van der Waals surface area (Å²) in [5, 5.41) is 13.5. The van der Waals surface area contributed by atoms with Crippen LogP contribution in [0.5, 0.6) is 5.75 Å². The first kappa shape index (κ1) is 13.9. The molecule has 0 amide bonds. The van der Waals surface area contributed by atoms with Gasteiger partial charge in [0.15, 0.2) is 0 Å². The van der Waals surface area contributed by atoms with E-state index in [9.17, 15) is 5.11 Å². The quantitative estimate of drug-likeness (QED) is 0.871. The van der Waals surface area contributed by atoms with Crippen LogP contribution in [0.3, 0.4) is 0 Å². The van der Waals surface area contributed by atoms with E-state index >= 15 is 0 Å². The molecule has 3 heteroatoms. The third-order valence-electron chi connectivity index (χ3n) is 3.02. The molecule has 2 aromatic carbocycles. The highest BCUT2D eigenvalue weighted by molar-refractivity contribution is 6.30. The standard InChI is InChI=1S/C16H18ClNO/c1-12(9-14-3-2-4-15(17)10-14)18-11-13-5-7-16(19)8-6-13/h2-8,10,12,18-19H,9,11H2,1H3. The highest BCUT2D eigenvalue weighted by Gasteiger charge is 2.04. The van der Waals surface area contributed by atoms with Crippen molar-refractivity contribution in [1.82, 2.24) is 5.32 Å². The fourth-order valence-electron chi connectivity index (χ4n) is 2.00. The molecule has 0 spiro atoms. The summed E-state index contributed by atoms with van der Waals surface area (Å²) in [6, 6.07) is 15.6. The van der Waals surface area contributed by atoms with Gasteiger partial charge in [-0.1, -0.05) is 35.9 Å². The summed E-state index contributed by atoms with van der Waals surface area (Å²) in [5.74, 6) is 0.302. The van der Waals surface area contributed by atoms with Gasteiger partial charge < -0.3 is 10.4 Å². The zero-order valence-corrected chi connectivity index (χ0v) is 11.7. The van der Waals surface area contributed by atoms with E-state index < -0.39 is 0 Å². The fraction of sp³-hybridized carbons (Fsp3) is 0.250. The molecule has 0 aliphatic carbocycles. The Balaban J connectivity index is 1.84. The molecule has 0 aliphatic rings. The lowest BCUT2D eigenvalue weighted by atomic mass is 10.1. The highest BCUT2D eigenvalue weighted by atomic mass is 35.5. The van der Waals surface area contributed by atoms with Crippen LogP contribution in [0.1, 0.15) is 18.1 Å². The predicted octanol–water partition coefficient (Wildman–Crippen LogP) is 3.77. The third kappa shape index (κ3) is 4.58. The van der Waals surface area contributed by atoms with E-state index in [1.165, 1.54) is 5.56 Å². The first-order valence-electron chi connectivity index (χ1n) is 6.39. The molecule has 0 aliphatic heterocycles. The van der Waals surface area contributed by atoms with Gasteiger partial charge in [0, 0.05) is 17.6 Å². The van der Waals surface area contributed by atoms with Crippen LogP contribution < -0.4 is 5.32 Å². The zero-order valence-electron chi connectivity index (χ0n) is 10.9. The smallest absolute Gasteiger partial charge is 0.115 e. The summed E-state index contributed by atoms with van der Waals surface area (Å²) in [6.07, 6.45) is 0.943. The van der Waals surface area contributed by atoms with Crippen LogP contribution in [-0.2, 0) is 13.0 Å². The second-order valence-electron chi connectivity index (χ2n) is 4.78. The summed E-state index contributed by atoms with van der Waals surface area (Å²) >= 11 is 5.97. The van der Waals surface area contributed by atoms with Gasteiger partial charge in [0.2, 0.25) is 0 Å². The summed E-state index contributed by atoms with van der Waals surface area (Å²) < 4.78 is 0. The van der Waals surface area contributed by atoms with Crippen LogP contribution in [0.2, 0.25) is 5.02 Å². The molecule has 0 bridgehead atoms. The Bertz CT molecular complexity index is 525. The second kappa shape index (κ2) is 6.60. The average molecular weight is 276 g/mol. The Morgan fingerprint density at radius 1 is 1.11 bits per heavy atom. The van der Waals surface area contributed by atoms with Gasteiger partial charge in [0.25, 0.3) is 0 Å². The first-order valence-corrected chi connectivity index (χ1v) is 6.77. The minimum Gasteiger partial charge on any atom is -0.508 e. The van der Waals surface area contributed by atoms with Gasteiger partial charge in [-0.25, -0.2) is 0 Å². The zero-order chi connectivity index (χ0) is 13.7. The summed E-state index contributed by atoms with van der Waals surface area (Å²) in [7, 11) is 0. The number of aromatic hydroxyl groups is 1. The van der Waals surface area contributed by atoms with Crippen LogP contribution >= 0.6 is 11.6 Å². The molecule has 1 unspecified atom stereocenters. The summed E-state index contributed by atoms with van der Waals surface area (Å²) in [4.78, 5) is 0. The van der Waals surface area contributed by atoms with E-state index in [0.29, 0.717) is 11.8 Å². The maximum atomic E-state index is 9.22. The van der Waals surface area contributed by atoms with Crippen LogP contribution in [0.25, 0.3) is 0 Å². The fourth-order valence-corrected chi connectivity index (χ4v) is 2.21. The molecule has 2 rings (SSSR count). The van der Waals surface area contributed by atoms with Crippen molar-refractivity contribution >= 4 is 11.6 Å². The van der Waals surface area contributed by atoms with Crippen molar-refractivity contribution in [2.24, 2.45) is 0 Å². The molecule has 0 saturated heterocycles. The molecule has 0 radical (unpaired) electrons. The third-order valence-corrected chi connectivity index (χ3v) is 3.26. The molecule has 0 fully saturated rings. The molecule has 0 heterocycles. The first-order chi connectivity index (χ1) is 9.13. The molecule has 2 aromatic rings. The van der Waals surface area contributed by atoms with E-state index in [2.05, 4.69) is 18.3 Å². The van der Waals surface area contributed by atoms with Gasteiger partial charge in [0.05, 0.1) is 0 Å². The van der Waals surface area contributed by atoms with Gasteiger partial charge in [-0.15, -0.1) is 0 Å². The van der Waals surface area contributed by atoms with Crippen molar-refractivity contribution in [3.63, 3.8) is 0 Å². The SMILES string of the molecule is CC(Cc1cccc(Cl)c1)NCc1ccc(O)cc1. The monoisotopic (exact) mass is 275 g/mol. The van der Waals surface area contributed by atoms with Crippen molar-refractivity contribution in [2.45, 2.75) is 25.9 Å². The van der Waals surface area contributed by atoms with Crippen LogP contribution in [0, 0.1) is 0 Å². The van der Waals surface area contributed by atoms with Gasteiger partial charge in [-0.2, -0.15) is 0 Å². The Kier molecular flexibility index (Phi) is 4.83. The molecular formula is C16H18ClNO. The van der Waals surface area contributed by atoms with Gasteiger partial charge in [0.1, 0.15) is 5.75 Å². The van der Waals surface area contributed by atoms with Crippen LogP contribution in [-0.4, -0.2) is 11.1 Å². The summed E-state index contributed by atoms with van der Waals surface area (Å²) in [6.45, 7) is 2.95. The largest absolute Gasteiger partial charge is 0.508 e. The Hall–Kier alpha value is -1.51. The Morgan fingerprint density at radius 3 is 2.53 bits per heavy atom. The number of nitrogens with one attached hydrogen (secondary N) is 1. The van der Waals surface area contributed by atoms with Crippen LogP contribution in [0.15, 0.2) is 48.5 Å². The number of phenolic OH excluding ortho intramolecular Hbond substituents is 1. The van der Waals surface area contributed by atoms with E-state index in [4.69, 9.17) is 11.6 Å². The van der Waals surface area contributed by atoms with E-state index in [0.717, 1.165) is 23.6 Å². The molecular weight excluding hydrogens is 258 g/mol.